The lowest BCUT2D eigenvalue weighted by Gasteiger charge is -2.25. The van der Waals surface area contributed by atoms with Crippen LogP contribution in [0.25, 0.3) is 0 Å². The van der Waals surface area contributed by atoms with E-state index in [0.717, 1.165) is 17.1 Å². The molecule has 2 aromatic rings. The molecular formula is C20H19FN2O4. The quantitative estimate of drug-likeness (QED) is 0.812. The standard InChI is InChI=1S/C20H19FN2O4/c1-22-15-9-23(8-12-2-5-16-18(6-12)26-11-25-16)10-19(15)27-17-7-13(21)3-4-14(17)20(22)24/h2-7,15,19H,8-11H2,1H3. The van der Waals surface area contributed by atoms with E-state index in [1.165, 1.54) is 18.2 Å². The molecular weight excluding hydrogens is 351 g/mol. The number of fused-ring (bicyclic) bond motifs is 3. The average molecular weight is 370 g/mol. The van der Waals surface area contributed by atoms with Crippen molar-refractivity contribution in [3.63, 3.8) is 0 Å². The van der Waals surface area contributed by atoms with Crippen LogP contribution in [0.4, 0.5) is 4.39 Å². The summed E-state index contributed by atoms with van der Waals surface area (Å²) in [6, 6.07) is 9.91. The summed E-state index contributed by atoms with van der Waals surface area (Å²) in [6.45, 7) is 2.32. The third-order valence-corrected chi connectivity index (χ3v) is 5.43. The van der Waals surface area contributed by atoms with Gasteiger partial charge in [-0.3, -0.25) is 9.69 Å². The van der Waals surface area contributed by atoms with Crippen molar-refractivity contribution in [1.29, 1.82) is 0 Å². The molecule has 0 N–H and O–H groups in total. The van der Waals surface area contributed by atoms with Gasteiger partial charge in [0.2, 0.25) is 6.79 Å². The molecule has 7 heteroatoms. The molecule has 1 fully saturated rings. The highest BCUT2D eigenvalue weighted by Gasteiger charge is 2.42. The zero-order valence-corrected chi connectivity index (χ0v) is 14.9. The molecule has 0 radical (unpaired) electrons. The molecule has 3 heterocycles. The van der Waals surface area contributed by atoms with Crippen LogP contribution in [-0.2, 0) is 6.54 Å². The molecule has 0 aliphatic carbocycles. The van der Waals surface area contributed by atoms with E-state index >= 15 is 0 Å². The second-order valence-corrected chi connectivity index (χ2v) is 7.16. The summed E-state index contributed by atoms with van der Waals surface area (Å²) in [5.74, 6) is 1.30. The van der Waals surface area contributed by atoms with E-state index in [1.807, 2.05) is 18.2 Å². The number of halogens is 1. The lowest BCUT2D eigenvalue weighted by Crippen LogP contribution is -2.44. The zero-order valence-electron chi connectivity index (χ0n) is 14.9. The van der Waals surface area contributed by atoms with Gasteiger partial charge in [0.05, 0.1) is 11.6 Å². The summed E-state index contributed by atoms with van der Waals surface area (Å²) in [5, 5.41) is 0. The molecule has 140 valence electrons. The molecule has 0 bridgehead atoms. The van der Waals surface area contributed by atoms with Crippen LogP contribution in [0.3, 0.4) is 0 Å². The number of rotatable bonds is 2. The smallest absolute Gasteiger partial charge is 0.257 e. The molecule has 27 heavy (non-hydrogen) atoms. The number of carbonyl (C=O) groups excluding carboxylic acids is 1. The van der Waals surface area contributed by atoms with Gasteiger partial charge in [0.1, 0.15) is 17.7 Å². The van der Waals surface area contributed by atoms with Crippen molar-refractivity contribution in [2.75, 3.05) is 26.9 Å². The number of carbonyl (C=O) groups is 1. The van der Waals surface area contributed by atoms with Crippen molar-refractivity contribution in [3.05, 3.63) is 53.3 Å². The first-order valence-corrected chi connectivity index (χ1v) is 8.93. The minimum Gasteiger partial charge on any atom is -0.486 e. The number of benzene rings is 2. The van der Waals surface area contributed by atoms with Gasteiger partial charge in [-0.2, -0.15) is 0 Å². The Kier molecular flexibility index (Phi) is 3.72. The van der Waals surface area contributed by atoms with Crippen LogP contribution in [-0.4, -0.2) is 54.8 Å². The molecule has 5 rings (SSSR count). The van der Waals surface area contributed by atoms with Crippen molar-refractivity contribution in [2.24, 2.45) is 0 Å². The molecule has 1 saturated heterocycles. The predicted octanol–water partition coefficient (Wildman–Crippen LogP) is 2.27. The first kappa shape index (κ1) is 16.4. The molecule has 6 nitrogen and oxygen atoms in total. The van der Waals surface area contributed by atoms with Crippen molar-refractivity contribution in [2.45, 2.75) is 18.7 Å². The predicted molar refractivity (Wildman–Crippen MR) is 94.5 cm³/mol. The fourth-order valence-corrected chi connectivity index (χ4v) is 4.02. The molecule has 0 spiro atoms. The van der Waals surface area contributed by atoms with Crippen LogP contribution >= 0.6 is 0 Å². The van der Waals surface area contributed by atoms with Gasteiger partial charge in [0, 0.05) is 32.7 Å². The van der Waals surface area contributed by atoms with Gasteiger partial charge >= 0.3 is 0 Å². The highest BCUT2D eigenvalue weighted by molar-refractivity contribution is 5.97. The third-order valence-electron chi connectivity index (χ3n) is 5.43. The van der Waals surface area contributed by atoms with Gasteiger partial charge in [-0.1, -0.05) is 6.07 Å². The summed E-state index contributed by atoms with van der Waals surface area (Å²) in [6.07, 6.45) is -0.198. The van der Waals surface area contributed by atoms with Crippen molar-refractivity contribution >= 4 is 5.91 Å². The molecule has 3 aliphatic rings. The summed E-state index contributed by atoms with van der Waals surface area (Å²) in [7, 11) is 1.78. The molecule has 2 aromatic carbocycles. The number of amides is 1. The van der Waals surface area contributed by atoms with Crippen molar-refractivity contribution in [3.8, 4) is 17.2 Å². The highest BCUT2D eigenvalue weighted by atomic mass is 19.1. The molecule has 3 aliphatic heterocycles. The van der Waals surface area contributed by atoms with Crippen LogP contribution in [0.15, 0.2) is 36.4 Å². The van der Waals surface area contributed by atoms with E-state index in [-0.39, 0.29) is 24.8 Å². The van der Waals surface area contributed by atoms with Gasteiger partial charge in [-0.25, -0.2) is 4.39 Å². The summed E-state index contributed by atoms with van der Waals surface area (Å²) in [5.41, 5.74) is 1.52. The number of ether oxygens (including phenoxy) is 3. The maximum absolute atomic E-state index is 13.6. The van der Waals surface area contributed by atoms with E-state index in [4.69, 9.17) is 14.2 Å². The number of hydrogen-bond donors (Lipinski definition) is 0. The highest BCUT2D eigenvalue weighted by Crippen LogP contribution is 2.34. The van der Waals surface area contributed by atoms with Crippen LogP contribution in [0.1, 0.15) is 15.9 Å². The Hall–Kier alpha value is -2.80. The number of likely N-dealkylation sites (N-methyl/N-ethyl adjacent to an activating group) is 1. The molecule has 0 saturated carbocycles. The largest absolute Gasteiger partial charge is 0.486 e. The Labute approximate surface area is 156 Å². The monoisotopic (exact) mass is 370 g/mol. The van der Waals surface area contributed by atoms with Crippen LogP contribution in [0, 0.1) is 5.82 Å². The lowest BCUT2D eigenvalue weighted by molar-refractivity contribution is 0.0682. The van der Waals surface area contributed by atoms with Gasteiger partial charge in [-0.15, -0.1) is 0 Å². The first-order valence-electron chi connectivity index (χ1n) is 8.93. The Morgan fingerprint density at radius 3 is 2.81 bits per heavy atom. The van der Waals surface area contributed by atoms with Gasteiger partial charge in [0.25, 0.3) is 5.91 Å². The fourth-order valence-electron chi connectivity index (χ4n) is 4.02. The Balaban J connectivity index is 1.37. The van der Waals surface area contributed by atoms with Crippen LogP contribution in [0.5, 0.6) is 17.2 Å². The van der Waals surface area contributed by atoms with Crippen molar-refractivity contribution in [1.82, 2.24) is 9.80 Å². The Morgan fingerprint density at radius 1 is 1.07 bits per heavy atom. The second-order valence-electron chi connectivity index (χ2n) is 7.16. The maximum atomic E-state index is 13.6. The van der Waals surface area contributed by atoms with Gasteiger partial charge in [-0.05, 0) is 29.8 Å². The summed E-state index contributed by atoms with van der Waals surface area (Å²) < 4.78 is 30.5. The van der Waals surface area contributed by atoms with Crippen molar-refractivity contribution < 1.29 is 23.4 Å². The number of hydrogen-bond acceptors (Lipinski definition) is 5. The normalized spacial score (nSPS) is 23.6. The second kappa shape index (κ2) is 6.13. The topological polar surface area (TPSA) is 51.2 Å². The zero-order chi connectivity index (χ0) is 18.5. The Morgan fingerprint density at radius 2 is 1.93 bits per heavy atom. The first-order chi connectivity index (χ1) is 13.1. The van der Waals surface area contributed by atoms with Crippen LogP contribution in [0.2, 0.25) is 0 Å². The van der Waals surface area contributed by atoms with E-state index in [0.29, 0.717) is 30.9 Å². The number of nitrogens with zero attached hydrogens (tertiary/aromatic N) is 2. The summed E-state index contributed by atoms with van der Waals surface area (Å²) in [4.78, 5) is 16.7. The Bertz CT molecular complexity index is 919. The molecule has 0 aromatic heterocycles. The molecule has 2 atom stereocenters. The minimum absolute atomic E-state index is 0.0815. The lowest BCUT2D eigenvalue weighted by atomic mass is 10.1. The SMILES string of the molecule is CN1C(=O)c2ccc(F)cc2OC2CN(Cc3ccc4c(c3)OCO4)CC21. The van der Waals surface area contributed by atoms with Gasteiger partial charge < -0.3 is 19.1 Å². The maximum Gasteiger partial charge on any atom is 0.257 e. The molecule has 1 amide bonds. The minimum atomic E-state index is -0.405. The number of likely N-dealkylation sites (tertiary alicyclic amines) is 1. The van der Waals surface area contributed by atoms with Crippen LogP contribution < -0.4 is 14.2 Å². The van der Waals surface area contributed by atoms with E-state index in [9.17, 15) is 9.18 Å². The van der Waals surface area contributed by atoms with E-state index in [1.54, 1.807) is 11.9 Å². The fraction of sp³-hybridized carbons (Fsp3) is 0.350. The summed E-state index contributed by atoms with van der Waals surface area (Å²) >= 11 is 0. The van der Waals surface area contributed by atoms with E-state index in [2.05, 4.69) is 4.90 Å². The van der Waals surface area contributed by atoms with Gasteiger partial charge in [0.15, 0.2) is 11.5 Å². The third kappa shape index (κ3) is 2.78. The molecule has 2 unspecified atom stereocenters. The average Bonchev–Trinajstić information content (AvgIpc) is 3.25. The van der Waals surface area contributed by atoms with E-state index < -0.39 is 5.82 Å².